The van der Waals surface area contributed by atoms with Gasteiger partial charge in [-0.2, -0.15) is 10.2 Å². The van der Waals surface area contributed by atoms with E-state index in [1.54, 1.807) is 10.6 Å². The minimum atomic E-state index is 0.384. The van der Waals surface area contributed by atoms with Crippen molar-refractivity contribution >= 4 is 27.9 Å². The summed E-state index contributed by atoms with van der Waals surface area (Å²) in [6.45, 7) is 7.80. The van der Waals surface area contributed by atoms with E-state index >= 15 is 0 Å². The number of pyridine rings is 1. The van der Waals surface area contributed by atoms with Crippen molar-refractivity contribution in [3.8, 4) is 11.3 Å². The standard InChI is InChI=1S/C18H15N7/c1-3-4-7-11(2)16-15(14-8-5-6-9-25(14)24-16)13-10-12-17(19)21-23-18(12)22-20-13/h3-10H,1-2H2,(H3,19,21,22,23)/b7-4-. The van der Waals surface area contributed by atoms with Crippen molar-refractivity contribution in [2.75, 3.05) is 5.73 Å². The number of aromatic amines is 1. The molecular formula is C18H15N7. The Bertz CT molecular complexity index is 1150. The van der Waals surface area contributed by atoms with Crippen LogP contribution in [0.25, 0.3) is 33.4 Å². The van der Waals surface area contributed by atoms with Gasteiger partial charge in [-0.25, -0.2) is 4.52 Å². The van der Waals surface area contributed by atoms with Gasteiger partial charge in [-0.1, -0.05) is 37.5 Å². The average molecular weight is 329 g/mol. The lowest BCUT2D eigenvalue weighted by atomic mass is 10.0. The summed E-state index contributed by atoms with van der Waals surface area (Å²) in [7, 11) is 0. The summed E-state index contributed by atoms with van der Waals surface area (Å²) >= 11 is 0. The quantitative estimate of drug-likeness (QED) is 0.561. The molecule has 7 heteroatoms. The molecule has 0 aliphatic carbocycles. The summed E-state index contributed by atoms with van der Waals surface area (Å²) in [6, 6.07) is 7.70. The zero-order valence-electron chi connectivity index (χ0n) is 13.3. The zero-order chi connectivity index (χ0) is 17.4. The van der Waals surface area contributed by atoms with Gasteiger partial charge in [-0.3, -0.25) is 5.10 Å². The Balaban J connectivity index is 2.00. The lowest BCUT2D eigenvalue weighted by molar-refractivity contribution is 0.952. The monoisotopic (exact) mass is 329 g/mol. The zero-order valence-corrected chi connectivity index (χ0v) is 13.3. The smallest absolute Gasteiger partial charge is 0.180 e. The topological polar surface area (TPSA) is 97.8 Å². The summed E-state index contributed by atoms with van der Waals surface area (Å²) in [6.07, 6.45) is 7.25. The first-order chi connectivity index (χ1) is 12.2. The SMILES string of the molecule is C=C/C=C\C(=C)c1nn2ccccc2c1-c1cc2c(N)n[nH]c2nn1. The number of fused-ring (bicyclic) bond motifs is 2. The number of H-pyrrole nitrogens is 1. The molecule has 7 nitrogen and oxygen atoms in total. The highest BCUT2D eigenvalue weighted by molar-refractivity contribution is 5.94. The molecular weight excluding hydrogens is 314 g/mol. The van der Waals surface area contributed by atoms with Crippen LogP contribution in [0.2, 0.25) is 0 Å². The molecule has 3 N–H and O–H groups in total. The highest BCUT2D eigenvalue weighted by Gasteiger charge is 2.18. The normalized spacial score (nSPS) is 11.5. The van der Waals surface area contributed by atoms with Crippen LogP contribution in [0, 0.1) is 0 Å². The third-order valence-electron chi connectivity index (χ3n) is 3.89. The second-order valence-corrected chi connectivity index (χ2v) is 5.47. The maximum atomic E-state index is 5.90. The number of hydrogen-bond donors (Lipinski definition) is 2. The van der Waals surface area contributed by atoms with Gasteiger partial charge in [-0.05, 0) is 23.8 Å². The number of anilines is 1. The van der Waals surface area contributed by atoms with E-state index in [0.29, 0.717) is 17.2 Å². The Morgan fingerprint density at radius 1 is 1.28 bits per heavy atom. The molecule has 0 aliphatic rings. The van der Waals surface area contributed by atoms with Crippen LogP contribution in [-0.4, -0.2) is 30.0 Å². The van der Waals surface area contributed by atoms with E-state index < -0.39 is 0 Å². The van der Waals surface area contributed by atoms with E-state index in [4.69, 9.17) is 5.73 Å². The third-order valence-corrected chi connectivity index (χ3v) is 3.89. The van der Waals surface area contributed by atoms with Gasteiger partial charge in [-0.15, -0.1) is 10.2 Å². The van der Waals surface area contributed by atoms with Gasteiger partial charge in [0.2, 0.25) is 0 Å². The average Bonchev–Trinajstić information content (AvgIpc) is 3.20. The molecule has 0 bridgehead atoms. The second-order valence-electron chi connectivity index (χ2n) is 5.47. The van der Waals surface area contributed by atoms with E-state index in [2.05, 4.69) is 38.7 Å². The fourth-order valence-corrected chi connectivity index (χ4v) is 2.70. The van der Waals surface area contributed by atoms with Crippen molar-refractivity contribution in [2.45, 2.75) is 0 Å². The summed E-state index contributed by atoms with van der Waals surface area (Å²) in [5, 5.41) is 20.6. The number of nitrogens with zero attached hydrogens (tertiary/aromatic N) is 5. The molecule has 4 aromatic rings. The summed E-state index contributed by atoms with van der Waals surface area (Å²) in [5.74, 6) is 0.384. The minimum absolute atomic E-state index is 0.384. The van der Waals surface area contributed by atoms with Gasteiger partial charge in [0.05, 0.1) is 22.2 Å². The molecule has 0 saturated heterocycles. The van der Waals surface area contributed by atoms with Crippen LogP contribution in [0.4, 0.5) is 5.82 Å². The number of nitrogens with two attached hydrogens (primary N) is 1. The van der Waals surface area contributed by atoms with Crippen molar-refractivity contribution in [1.29, 1.82) is 0 Å². The molecule has 25 heavy (non-hydrogen) atoms. The first kappa shape index (κ1) is 14.8. The second kappa shape index (κ2) is 5.72. The van der Waals surface area contributed by atoms with Gasteiger partial charge in [0.25, 0.3) is 0 Å². The van der Waals surface area contributed by atoms with Gasteiger partial charge in [0, 0.05) is 6.20 Å². The lowest BCUT2D eigenvalue weighted by Crippen LogP contribution is -1.92. The van der Waals surface area contributed by atoms with Crippen LogP contribution in [0.15, 0.2) is 61.8 Å². The number of hydrogen-bond acceptors (Lipinski definition) is 5. The Kier molecular flexibility index (Phi) is 3.39. The van der Waals surface area contributed by atoms with Gasteiger partial charge >= 0.3 is 0 Å². The Morgan fingerprint density at radius 3 is 3.00 bits per heavy atom. The van der Waals surface area contributed by atoms with Crippen molar-refractivity contribution in [3.63, 3.8) is 0 Å². The Morgan fingerprint density at radius 2 is 2.16 bits per heavy atom. The molecule has 4 heterocycles. The fourth-order valence-electron chi connectivity index (χ4n) is 2.70. The number of aromatic nitrogens is 6. The molecule has 0 aliphatic heterocycles. The molecule has 0 radical (unpaired) electrons. The van der Waals surface area contributed by atoms with Crippen LogP contribution in [0.1, 0.15) is 5.69 Å². The van der Waals surface area contributed by atoms with E-state index in [0.717, 1.165) is 27.7 Å². The molecule has 4 aromatic heterocycles. The van der Waals surface area contributed by atoms with Gasteiger partial charge < -0.3 is 5.73 Å². The molecule has 0 amide bonds. The molecule has 0 atom stereocenters. The number of allylic oxidation sites excluding steroid dienone is 4. The molecule has 0 aromatic carbocycles. The van der Waals surface area contributed by atoms with Crippen molar-refractivity contribution in [2.24, 2.45) is 0 Å². The molecule has 0 fully saturated rings. The van der Waals surface area contributed by atoms with E-state index in [1.165, 1.54) is 0 Å². The van der Waals surface area contributed by atoms with Gasteiger partial charge in [0.15, 0.2) is 11.5 Å². The van der Waals surface area contributed by atoms with E-state index in [-0.39, 0.29) is 0 Å². The van der Waals surface area contributed by atoms with Crippen LogP contribution in [0.3, 0.4) is 0 Å². The number of rotatable bonds is 4. The van der Waals surface area contributed by atoms with E-state index in [1.807, 2.05) is 42.6 Å². The third kappa shape index (κ3) is 2.38. The molecule has 4 rings (SSSR count). The Labute approximate surface area is 143 Å². The van der Waals surface area contributed by atoms with Crippen molar-refractivity contribution in [3.05, 3.63) is 67.5 Å². The summed E-state index contributed by atoms with van der Waals surface area (Å²) < 4.78 is 1.79. The predicted molar refractivity (Wildman–Crippen MR) is 98.7 cm³/mol. The largest absolute Gasteiger partial charge is 0.382 e. The summed E-state index contributed by atoms with van der Waals surface area (Å²) in [5.41, 5.74) is 10.3. The van der Waals surface area contributed by atoms with Gasteiger partial charge in [0.1, 0.15) is 5.69 Å². The lowest BCUT2D eigenvalue weighted by Gasteiger charge is -2.02. The first-order valence-electron chi connectivity index (χ1n) is 7.62. The van der Waals surface area contributed by atoms with E-state index in [9.17, 15) is 0 Å². The highest BCUT2D eigenvalue weighted by atomic mass is 15.2. The minimum Gasteiger partial charge on any atom is -0.382 e. The summed E-state index contributed by atoms with van der Waals surface area (Å²) in [4.78, 5) is 0. The maximum absolute atomic E-state index is 5.90. The van der Waals surface area contributed by atoms with Crippen molar-refractivity contribution < 1.29 is 0 Å². The first-order valence-corrected chi connectivity index (χ1v) is 7.62. The van der Waals surface area contributed by atoms with Crippen LogP contribution in [0.5, 0.6) is 0 Å². The highest BCUT2D eigenvalue weighted by Crippen LogP contribution is 2.32. The van der Waals surface area contributed by atoms with Crippen LogP contribution >= 0.6 is 0 Å². The van der Waals surface area contributed by atoms with Crippen molar-refractivity contribution in [1.82, 2.24) is 30.0 Å². The fraction of sp³-hybridized carbons (Fsp3) is 0. The molecule has 0 saturated carbocycles. The molecule has 0 spiro atoms. The van der Waals surface area contributed by atoms with Crippen LogP contribution < -0.4 is 5.73 Å². The molecule has 122 valence electrons. The number of nitrogens with one attached hydrogen (secondary N) is 1. The maximum Gasteiger partial charge on any atom is 0.180 e. The van der Waals surface area contributed by atoms with Crippen LogP contribution in [-0.2, 0) is 0 Å². The Hall–Kier alpha value is -3.74. The molecule has 0 unspecified atom stereocenters. The number of nitrogen functional groups attached to an aromatic ring is 1. The predicted octanol–water partition coefficient (Wildman–Crippen LogP) is 3.01.